The fraction of sp³-hybridized carbons (Fsp3) is 0.400. The number of aliphatic hydroxyl groups excluding tert-OH is 1. The van der Waals surface area contributed by atoms with Crippen LogP contribution < -0.4 is 0 Å². The first kappa shape index (κ1) is 16.4. The number of nitrogens with zero attached hydrogens (tertiary/aromatic N) is 1. The van der Waals surface area contributed by atoms with Gasteiger partial charge in [0.05, 0.1) is 13.2 Å². The molecule has 0 atom stereocenters. The predicted molar refractivity (Wildman–Crippen MR) is 77.4 cm³/mol. The third-order valence-electron chi connectivity index (χ3n) is 2.80. The maximum Gasteiger partial charge on any atom is 0.328 e. The number of rotatable bonds is 9. The lowest BCUT2D eigenvalue weighted by molar-refractivity contribution is -0.131. The first-order valence-electron chi connectivity index (χ1n) is 6.48. The Labute approximate surface area is 119 Å². The molecule has 0 saturated heterocycles. The molecule has 0 bridgehead atoms. The van der Waals surface area contributed by atoms with E-state index >= 15 is 0 Å². The van der Waals surface area contributed by atoms with Gasteiger partial charge in [0, 0.05) is 32.8 Å². The highest BCUT2D eigenvalue weighted by atomic mass is 16.5. The van der Waals surface area contributed by atoms with E-state index in [9.17, 15) is 4.79 Å². The quantitative estimate of drug-likeness (QED) is 0.665. The van der Waals surface area contributed by atoms with E-state index in [-0.39, 0.29) is 6.61 Å². The standard InChI is InChI=1S/C15H21NO4/c1-20-10-8-16(7-9-17)12-14-4-2-3-13(11-14)5-6-15(18)19/h2-6,11,17H,7-10,12H2,1H3,(H,18,19)/b6-5+. The third kappa shape index (κ3) is 6.47. The predicted octanol–water partition coefficient (Wildman–Crippen LogP) is 1.23. The minimum absolute atomic E-state index is 0.0995. The Bertz CT molecular complexity index is 445. The van der Waals surface area contributed by atoms with Crippen LogP contribution in [0.5, 0.6) is 0 Å². The van der Waals surface area contributed by atoms with Gasteiger partial charge in [0.25, 0.3) is 0 Å². The number of benzene rings is 1. The number of aliphatic hydroxyl groups is 1. The molecule has 0 unspecified atom stereocenters. The van der Waals surface area contributed by atoms with Crippen molar-refractivity contribution < 1.29 is 19.7 Å². The van der Waals surface area contributed by atoms with Crippen molar-refractivity contribution in [3.8, 4) is 0 Å². The molecule has 5 nitrogen and oxygen atoms in total. The molecule has 5 heteroatoms. The number of carboxylic acid groups (broad SMARTS) is 1. The van der Waals surface area contributed by atoms with Crippen LogP contribution in [-0.4, -0.2) is 54.5 Å². The number of ether oxygens (including phenoxy) is 1. The van der Waals surface area contributed by atoms with E-state index in [2.05, 4.69) is 4.90 Å². The van der Waals surface area contributed by atoms with Crippen LogP contribution in [0.4, 0.5) is 0 Å². The van der Waals surface area contributed by atoms with Gasteiger partial charge in [-0.25, -0.2) is 4.79 Å². The second-order valence-corrected chi connectivity index (χ2v) is 4.41. The van der Waals surface area contributed by atoms with Gasteiger partial charge in [0.2, 0.25) is 0 Å². The van der Waals surface area contributed by atoms with E-state index < -0.39 is 5.97 Å². The molecule has 0 spiro atoms. The molecule has 1 aromatic rings. The Kier molecular flexibility index (Phi) is 7.57. The van der Waals surface area contributed by atoms with Crippen molar-refractivity contribution in [3.63, 3.8) is 0 Å². The Hall–Kier alpha value is -1.69. The van der Waals surface area contributed by atoms with Crippen molar-refractivity contribution in [3.05, 3.63) is 41.5 Å². The number of hydrogen-bond acceptors (Lipinski definition) is 4. The highest BCUT2D eigenvalue weighted by Crippen LogP contribution is 2.10. The van der Waals surface area contributed by atoms with Gasteiger partial charge >= 0.3 is 5.97 Å². The van der Waals surface area contributed by atoms with Crippen LogP contribution in [0.3, 0.4) is 0 Å². The van der Waals surface area contributed by atoms with Crippen LogP contribution in [0.15, 0.2) is 30.3 Å². The van der Waals surface area contributed by atoms with E-state index in [4.69, 9.17) is 14.9 Å². The molecule has 0 radical (unpaired) electrons. The zero-order chi connectivity index (χ0) is 14.8. The molecule has 20 heavy (non-hydrogen) atoms. The first-order chi connectivity index (χ1) is 9.65. The van der Waals surface area contributed by atoms with E-state index in [0.717, 1.165) is 23.7 Å². The van der Waals surface area contributed by atoms with Crippen LogP contribution in [0.2, 0.25) is 0 Å². The van der Waals surface area contributed by atoms with Crippen molar-refractivity contribution in [2.75, 3.05) is 33.4 Å². The van der Waals surface area contributed by atoms with Crippen LogP contribution >= 0.6 is 0 Å². The summed E-state index contributed by atoms with van der Waals surface area (Å²) in [6.45, 7) is 2.73. The molecule has 0 aliphatic heterocycles. The number of hydrogen-bond donors (Lipinski definition) is 2. The summed E-state index contributed by atoms with van der Waals surface area (Å²) in [5.74, 6) is -0.961. The second-order valence-electron chi connectivity index (χ2n) is 4.41. The first-order valence-corrected chi connectivity index (χ1v) is 6.48. The summed E-state index contributed by atoms with van der Waals surface area (Å²) in [7, 11) is 1.65. The highest BCUT2D eigenvalue weighted by Gasteiger charge is 2.05. The van der Waals surface area contributed by atoms with E-state index in [1.165, 1.54) is 0 Å². The van der Waals surface area contributed by atoms with Gasteiger partial charge in [-0.1, -0.05) is 24.3 Å². The minimum Gasteiger partial charge on any atom is -0.478 e. The Morgan fingerprint density at radius 2 is 2.20 bits per heavy atom. The van der Waals surface area contributed by atoms with E-state index in [1.54, 1.807) is 13.2 Å². The summed E-state index contributed by atoms with van der Waals surface area (Å²) >= 11 is 0. The van der Waals surface area contributed by atoms with Gasteiger partial charge in [-0.05, 0) is 17.2 Å². The number of aliphatic carboxylic acids is 1. The fourth-order valence-corrected chi connectivity index (χ4v) is 1.85. The van der Waals surface area contributed by atoms with Crippen molar-refractivity contribution in [1.29, 1.82) is 0 Å². The summed E-state index contributed by atoms with van der Waals surface area (Å²) in [6.07, 6.45) is 2.69. The zero-order valence-electron chi connectivity index (χ0n) is 11.7. The van der Waals surface area contributed by atoms with Gasteiger partial charge < -0.3 is 14.9 Å². The fourth-order valence-electron chi connectivity index (χ4n) is 1.85. The molecule has 110 valence electrons. The van der Waals surface area contributed by atoms with Crippen LogP contribution in [0.1, 0.15) is 11.1 Å². The number of carbonyl (C=O) groups is 1. The largest absolute Gasteiger partial charge is 0.478 e. The van der Waals surface area contributed by atoms with Crippen LogP contribution in [-0.2, 0) is 16.1 Å². The summed E-state index contributed by atoms with van der Waals surface area (Å²) in [5, 5.41) is 17.7. The van der Waals surface area contributed by atoms with Crippen molar-refractivity contribution in [1.82, 2.24) is 4.90 Å². The minimum atomic E-state index is -0.961. The topological polar surface area (TPSA) is 70.0 Å². The smallest absolute Gasteiger partial charge is 0.328 e. The van der Waals surface area contributed by atoms with Crippen molar-refractivity contribution in [2.45, 2.75) is 6.54 Å². The van der Waals surface area contributed by atoms with Crippen LogP contribution in [0.25, 0.3) is 6.08 Å². The molecule has 2 N–H and O–H groups in total. The molecule has 0 amide bonds. The Morgan fingerprint density at radius 1 is 1.40 bits per heavy atom. The Morgan fingerprint density at radius 3 is 2.85 bits per heavy atom. The van der Waals surface area contributed by atoms with Gasteiger partial charge in [-0.3, -0.25) is 4.90 Å². The molecule has 0 heterocycles. The molecule has 1 rings (SSSR count). The highest BCUT2D eigenvalue weighted by molar-refractivity contribution is 5.85. The van der Waals surface area contributed by atoms with Gasteiger partial charge in [-0.15, -0.1) is 0 Å². The summed E-state index contributed by atoms with van der Waals surface area (Å²) in [6, 6.07) is 7.67. The monoisotopic (exact) mass is 279 g/mol. The lowest BCUT2D eigenvalue weighted by Crippen LogP contribution is -2.29. The third-order valence-corrected chi connectivity index (χ3v) is 2.80. The molecule has 0 aromatic heterocycles. The lowest BCUT2D eigenvalue weighted by Gasteiger charge is -2.21. The molecule has 0 saturated carbocycles. The van der Waals surface area contributed by atoms with Gasteiger partial charge in [-0.2, -0.15) is 0 Å². The number of carboxylic acids is 1. The van der Waals surface area contributed by atoms with E-state index in [1.807, 2.05) is 24.3 Å². The average molecular weight is 279 g/mol. The second kappa shape index (κ2) is 9.25. The molecule has 0 aliphatic carbocycles. The molecule has 0 aliphatic rings. The van der Waals surface area contributed by atoms with Gasteiger partial charge in [0.15, 0.2) is 0 Å². The molecule has 1 aromatic carbocycles. The van der Waals surface area contributed by atoms with Crippen LogP contribution in [0, 0.1) is 0 Å². The summed E-state index contributed by atoms with van der Waals surface area (Å²) < 4.78 is 5.05. The summed E-state index contributed by atoms with van der Waals surface area (Å²) in [5.41, 5.74) is 1.92. The average Bonchev–Trinajstić information content (AvgIpc) is 2.43. The molecular formula is C15H21NO4. The molecule has 0 fully saturated rings. The molecular weight excluding hydrogens is 258 g/mol. The van der Waals surface area contributed by atoms with E-state index in [0.29, 0.717) is 19.7 Å². The lowest BCUT2D eigenvalue weighted by atomic mass is 10.1. The SMILES string of the molecule is COCCN(CCO)Cc1cccc(/C=C/C(=O)O)c1. The summed E-state index contributed by atoms with van der Waals surface area (Å²) in [4.78, 5) is 12.6. The number of methoxy groups -OCH3 is 1. The van der Waals surface area contributed by atoms with Crippen molar-refractivity contribution >= 4 is 12.0 Å². The zero-order valence-corrected chi connectivity index (χ0v) is 11.7. The maximum atomic E-state index is 10.5. The maximum absolute atomic E-state index is 10.5. The normalized spacial score (nSPS) is 11.3. The van der Waals surface area contributed by atoms with Gasteiger partial charge in [0.1, 0.15) is 0 Å². The Balaban J connectivity index is 2.69. The van der Waals surface area contributed by atoms with Crippen molar-refractivity contribution in [2.24, 2.45) is 0 Å².